The maximum absolute atomic E-state index is 7.34. The third-order valence-corrected chi connectivity index (χ3v) is 13.1. The van der Waals surface area contributed by atoms with Gasteiger partial charge in [-0.15, -0.1) is 0 Å². The molecule has 11 rings (SSSR count). The minimum absolute atomic E-state index is 0.529. The van der Waals surface area contributed by atoms with Crippen LogP contribution < -0.4 is 9.31 Å². The summed E-state index contributed by atoms with van der Waals surface area (Å²) in [6.45, 7) is 1.98. The Morgan fingerprint density at radius 3 is 0.731 bits per heavy atom. The number of rotatable bonds is 12. The molecule has 0 radical (unpaired) electrons. The average Bonchev–Trinajstić information content (AvgIpc) is 3.95. The first kappa shape index (κ1) is 42.2. The highest BCUT2D eigenvalue weighted by molar-refractivity contribution is 6.39. The predicted molar refractivity (Wildman–Crippen MR) is 263 cm³/mol. The molecule has 6 nitrogen and oxygen atoms in total. The normalized spacial score (nSPS) is 16.6. The summed E-state index contributed by atoms with van der Waals surface area (Å²) >= 11 is 0. The van der Waals surface area contributed by atoms with E-state index in [2.05, 4.69) is 97.1 Å². The first-order valence-corrected chi connectivity index (χ1v) is 22.7. The standard InChI is InChI=1S/C59H46B2O6/c1-45-44-54(62-60-64-56(46-26-10-2-11-27-46,47-28-12-3-13-29-47)57(65-60,48-30-14-4-15-31-48)49-32-16-5-17-33-49)42-43-55(45)63-61-66-58(50-34-18-6-19-35-50,51-36-20-7-21-37-51)59(67-61,52-38-22-8-23-39-52)53-40-24-9-25-41-53/h2-44H,1H3. The molecule has 324 valence electrons. The highest BCUT2D eigenvalue weighted by atomic mass is 16.8. The summed E-state index contributed by atoms with van der Waals surface area (Å²) in [4.78, 5) is 0. The fraction of sp³-hybridized carbons (Fsp3) is 0.0847. The maximum atomic E-state index is 7.34. The zero-order valence-electron chi connectivity index (χ0n) is 36.9. The molecule has 0 unspecified atom stereocenters. The van der Waals surface area contributed by atoms with Crippen molar-refractivity contribution < 1.29 is 27.9 Å². The minimum Gasteiger partial charge on any atom is -0.512 e. The molecule has 8 heteroatoms. The van der Waals surface area contributed by atoms with E-state index in [1.165, 1.54) is 0 Å². The van der Waals surface area contributed by atoms with Crippen LogP contribution in [0.4, 0.5) is 0 Å². The van der Waals surface area contributed by atoms with E-state index in [9.17, 15) is 0 Å². The Morgan fingerprint density at radius 2 is 0.507 bits per heavy atom. The van der Waals surface area contributed by atoms with Crippen molar-refractivity contribution in [1.82, 2.24) is 0 Å². The molecule has 0 aliphatic carbocycles. The molecule has 2 fully saturated rings. The largest absolute Gasteiger partial charge is 0.715 e. The fourth-order valence-corrected chi connectivity index (χ4v) is 10.3. The lowest BCUT2D eigenvalue weighted by molar-refractivity contribution is 0.00370. The van der Waals surface area contributed by atoms with E-state index in [1.54, 1.807) is 0 Å². The summed E-state index contributed by atoms with van der Waals surface area (Å²) in [6, 6.07) is 87.8. The van der Waals surface area contributed by atoms with Gasteiger partial charge in [-0.25, -0.2) is 0 Å². The lowest BCUT2D eigenvalue weighted by atomic mass is 9.66. The van der Waals surface area contributed by atoms with Crippen LogP contribution in [0.5, 0.6) is 11.5 Å². The van der Waals surface area contributed by atoms with Crippen LogP contribution in [0.25, 0.3) is 0 Å². The Bertz CT molecular complexity index is 2700. The topological polar surface area (TPSA) is 55.4 Å². The second-order valence-corrected chi connectivity index (χ2v) is 16.9. The van der Waals surface area contributed by atoms with Crippen molar-refractivity contribution >= 4 is 14.6 Å². The monoisotopic (exact) mass is 872 g/mol. The van der Waals surface area contributed by atoms with Crippen molar-refractivity contribution in [3.8, 4) is 11.5 Å². The van der Waals surface area contributed by atoms with Gasteiger partial charge in [-0.2, -0.15) is 0 Å². The van der Waals surface area contributed by atoms with E-state index < -0.39 is 37.0 Å². The third kappa shape index (κ3) is 7.00. The Hall–Kier alpha value is -7.45. The van der Waals surface area contributed by atoms with E-state index >= 15 is 0 Å². The summed E-state index contributed by atoms with van der Waals surface area (Å²) in [7, 11) is -2.30. The number of aryl methyl sites for hydroxylation is 1. The van der Waals surface area contributed by atoms with Crippen LogP contribution in [0.3, 0.4) is 0 Å². The molecule has 0 spiro atoms. The Labute approximate surface area is 392 Å². The first-order chi connectivity index (χ1) is 33.1. The van der Waals surface area contributed by atoms with Gasteiger partial charge in [-0.3, -0.25) is 0 Å². The molecule has 2 aliphatic heterocycles. The molecule has 9 aromatic carbocycles. The second-order valence-electron chi connectivity index (χ2n) is 16.9. The average molecular weight is 873 g/mol. The third-order valence-electron chi connectivity index (χ3n) is 13.1. The van der Waals surface area contributed by atoms with Crippen LogP contribution >= 0.6 is 0 Å². The molecule has 2 aliphatic rings. The van der Waals surface area contributed by atoms with Crippen LogP contribution in [0, 0.1) is 6.92 Å². The number of benzene rings is 9. The highest BCUT2D eigenvalue weighted by Gasteiger charge is 2.69. The molecule has 0 atom stereocenters. The molecule has 67 heavy (non-hydrogen) atoms. The number of hydrogen-bond acceptors (Lipinski definition) is 6. The fourth-order valence-electron chi connectivity index (χ4n) is 10.3. The van der Waals surface area contributed by atoms with Crippen molar-refractivity contribution in [2.75, 3.05) is 0 Å². The summed E-state index contributed by atoms with van der Waals surface area (Å²) in [5.74, 6) is 1.09. The molecule has 2 saturated heterocycles. The Balaban J connectivity index is 0.986. The molecule has 0 amide bonds. The van der Waals surface area contributed by atoms with E-state index in [4.69, 9.17) is 27.9 Å². The van der Waals surface area contributed by atoms with Crippen molar-refractivity contribution in [3.05, 3.63) is 311 Å². The van der Waals surface area contributed by atoms with Crippen molar-refractivity contribution in [3.63, 3.8) is 0 Å². The van der Waals surface area contributed by atoms with Crippen LogP contribution in [0.15, 0.2) is 261 Å². The van der Waals surface area contributed by atoms with Crippen molar-refractivity contribution in [1.29, 1.82) is 0 Å². The molecule has 0 bridgehead atoms. The molecule has 2 heterocycles. The van der Waals surface area contributed by atoms with Crippen molar-refractivity contribution in [2.45, 2.75) is 29.3 Å². The van der Waals surface area contributed by atoms with Crippen LogP contribution in [0.2, 0.25) is 0 Å². The van der Waals surface area contributed by atoms with E-state index in [0.29, 0.717) is 11.5 Å². The summed E-state index contributed by atoms with van der Waals surface area (Å²) in [5, 5.41) is 0. The van der Waals surface area contributed by atoms with Crippen LogP contribution in [-0.4, -0.2) is 14.6 Å². The Morgan fingerprint density at radius 1 is 0.284 bits per heavy atom. The van der Waals surface area contributed by atoms with E-state index in [1.807, 2.05) is 171 Å². The lowest BCUT2D eigenvalue weighted by Crippen LogP contribution is -2.48. The number of hydrogen-bond donors (Lipinski definition) is 0. The molecular formula is C59H46B2O6. The van der Waals surface area contributed by atoms with Gasteiger partial charge in [0.1, 0.15) is 33.9 Å². The van der Waals surface area contributed by atoms with Gasteiger partial charge in [0.25, 0.3) is 0 Å². The first-order valence-electron chi connectivity index (χ1n) is 22.7. The van der Waals surface area contributed by atoms with Gasteiger partial charge in [0.05, 0.1) is 0 Å². The molecule has 9 aromatic rings. The molecular weight excluding hydrogens is 826 g/mol. The zero-order chi connectivity index (χ0) is 45.2. The highest BCUT2D eigenvalue weighted by Crippen LogP contribution is 2.60. The van der Waals surface area contributed by atoms with Crippen LogP contribution in [0.1, 0.15) is 50.1 Å². The smallest absolute Gasteiger partial charge is 0.512 e. The van der Waals surface area contributed by atoms with Gasteiger partial charge in [0, 0.05) is 0 Å². The summed E-state index contributed by atoms with van der Waals surface area (Å²) < 4.78 is 43.0. The van der Waals surface area contributed by atoms with Crippen LogP contribution in [-0.2, 0) is 41.0 Å². The summed E-state index contributed by atoms with van der Waals surface area (Å²) in [6.07, 6.45) is 0. The minimum atomic E-state index is -1.19. The van der Waals surface area contributed by atoms with E-state index in [0.717, 1.165) is 50.1 Å². The summed E-state index contributed by atoms with van der Waals surface area (Å²) in [5.41, 5.74) is 3.38. The van der Waals surface area contributed by atoms with Gasteiger partial charge in [-0.05, 0) is 75.2 Å². The van der Waals surface area contributed by atoms with Gasteiger partial charge in [0.2, 0.25) is 0 Å². The van der Waals surface area contributed by atoms with Gasteiger partial charge < -0.3 is 27.9 Å². The van der Waals surface area contributed by atoms with Gasteiger partial charge in [-0.1, -0.05) is 243 Å². The van der Waals surface area contributed by atoms with E-state index in [-0.39, 0.29) is 0 Å². The predicted octanol–water partition coefficient (Wildman–Crippen LogP) is 12.6. The lowest BCUT2D eigenvalue weighted by Gasteiger charge is -2.45. The van der Waals surface area contributed by atoms with Gasteiger partial charge in [0.15, 0.2) is 0 Å². The SMILES string of the molecule is Cc1cc(OB2OC(c3ccccc3)(c3ccccc3)C(c3ccccc3)(c3ccccc3)O2)ccc1OB1OC(c2ccccc2)(c2ccccc2)C(c2ccccc2)(c2ccccc2)O1. The Kier molecular flexibility index (Phi) is 11.2. The van der Waals surface area contributed by atoms with Gasteiger partial charge >= 0.3 is 14.6 Å². The zero-order valence-corrected chi connectivity index (χ0v) is 36.9. The second kappa shape index (κ2) is 17.7. The molecule has 0 saturated carbocycles. The molecule has 0 aromatic heterocycles. The van der Waals surface area contributed by atoms with Crippen molar-refractivity contribution in [2.24, 2.45) is 0 Å². The maximum Gasteiger partial charge on any atom is 0.715 e. The molecule has 0 N–H and O–H groups in total. The quantitative estimate of drug-likeness (QED) is 0.114.